The number of carbonyl (C=O) groups is 3. The number of halogens is 3. The van der Waals surface area contributed by atoms with Gasteiger partial charge in [-0.05, 0) is 39.3 Å². The highest BCUT2D eigenvalue weighted by atomic mass is 19.4. The number of hydrogen-bond acceptors (Lipinski definition) is 6. The monoisotopic (exact) mass is 440 g/mol. The van der Waals surface area contributed by atoms with Crippen molar-refractivity contribution in [2.75, 3.05) is 18.5 Å². The maximum Gasteiger partial charge on any atom is 0.471 e. The molecule has 2 atom stereocenters. The van der Waals surface area contributed by atoms with Gasteiger partial charge in [-0.2, -0.15) is 13.2 Å². The summed E-state index contributed by atoms with van der Waals surface area (Å²) in [6.45, 7) is 6.41. The van der Waals surface area contributed by atoms with Crippen molar-refractivity contribution in [1.82, 2.24) is 0 Å². The van der Waals surface area contributed by atoms with Crippen LogP contribution in [0.5, 0.6) is 0 Å². The first-order valence-corrected chi connectivity index (χ1v) is 9.59. The molecule has 2 unspecified atom stereocenters. The van der Waals surface area contributed by atoms with Crippen molar-refractivity contribution >= 4 is 29.2 Å². The highest BCUT2D eigenvalue weighted by Gasteiger charge is 2.44. The molecule has 10 heteroatoms. The Morgan fingerprint density at radius 3 is 2.26 bits per heavy atom. The Bertz CT molecular complexity index is 937. The van der Waals surface area contributed by atoms with E-state index in [1.807, 2.05) is 5.32 Å². The number of benzene rings is 1. The molecule has 0 radical (unpaired) electrons. The van der Waals surface area contributed by atoms with Crippen LogP contribution in [-0.2, 0) is 23.9 Å². The molecule has 0 saturated heterocycles. The second kappa shape index (κ2) is 9.76. The molecule has 7 nitrogen and oxygen atoms in total. The predicted octanol–water partition coefficient (Wildman–Crippen LogP) is 3.76. The number of anilines is 1. The molecule has 168 valence electrons. The Kier molecular flexibility index (Phi) is 7.59. The summed E-state index contributed by atoms with van der Waals surface area (Å²) in [5.41, 5.74) is 0.548. The molecular formula is C21H23F3N2O5. The Morgan fingerprint density at radius 2 is 1.68 bits per heavy atom. The van der Waals surface area contributed by atoms with Gasteiger partial charge in [0.05, 0.1) is 18.8 Å². The van der Waals surface area contributed by atoms with Gasteiger partial charge in [-0.3, -0.25) is 14.6 Å². The van der Waals surface area contributed by atoms with Crippen molar-refractivity contribution in [3.63, 3.8) is 0 Å². The van der Waals surface area contributed by atoms with E-state index in [0.29, 0.717) is 5.71 Å². The second-order valence-corrected chi connectivity index (χ2v) is 6.72. The average molecular weight is 440 g/mol. The predicted molar refractivity (Wildman–Crippen MR) is 106 cm³/mol. The Morgan fingerprint density at radius 1 is 1.06 bits per heavy atom. The lowest BCUT2D eigenvalue weighted by Crippen LogP contribution is -2.37. The van der Waals surface area contributed by atoms with Crippen LogP contribution in [0.4, 0.5) is 18.9 Å². The van der Waals surface area contributed by atoms with Crippen LogP contribution in [0.3, 0.4) is 0 Å². The largest absolute Gasteiger partial charge is 0.471 e. The number of hydrogen-bond donors (Lipinski definition) is 1. The highest BCUT2D eigenvalue weighted by molar-refractivity contribution is 6.07. The third kappa shape index (κ3) is 5.31. The van der Waals surface area contributed by atoms with Crippen molar-refractivity contribution in [3.8, 4) is 0 Å². The lowest BCUT2D eigenvalue weighted by atomic mass is 9.75. The van der Waals surface area contributed by atoms with Gasteiger partial charge in [0.1, 0.15) is 5.92 Å². The van der Waals surface area contributed by atoms with Crippen LogP contribution in [0.2, 0.25) is 0 Å². The Balaban J connectivity index is 2.69. The van der Waals surface area contributed by atoms with Crippen LogP contribution >= 0.6 is 0 Å². The minimum absolute atomic E-state index is 0.0132. The molecule has 0 fully saturated rings. The van der Waals surface area contributed by atoms with E-state index in [9.17, 15) is 27.6 Å². The van der Waals surface area contributed by atoms with Crippen molar-refractivity contribution in [2.45, 2.75) is 39.8 Å². The van der Waals surface area contributed by atoms with Gasteiger partial charge in [0.15, 0.2) is 0 Å². The van der Waals surface area contributed by atoms with Crippen LogP contribution in [0, 0.1) is 5.92 Å². The van der Waals surface area contributed by atoms with E-state index in [1.165, 1.54) is 24.3 Å². The Labute approximate surface area is 177 Å². The first-order chi connectivity index (χ1) is 14.5. The van der Waals surface area contributed by atoms with Gasteiger partial charge in [-0.1, -0.05) is 18.2 Å². The number of amides is 1. The van der Waals surface area contributed by atoms with Crippen molar-refractivity contribution < 1.29 is 37.0 Å². The fourth-order valence-corrected chi connectivity index (χ4v) is 3.46. The van der Waals surface area contributed by atoms with E-state index in [-0.39, 0.29) is 35.7 Å². The molecule has 1 aromatic rings. The van der Waals surface area contributed by atoms with E-state index in [1.54, 1.807) is 27.7 Å². The van der Waals surface area contributed by atoms with Gasteiger partial charge >= 0.3 is 24.0 Å². The van der Waals surface area contributed by atoms with Crippen LogP contribution < -0.4 is 5.32 Å². The number of rotatable bonds is 6. The molecule has 1 aromatic carbocycles. The molecule has 0 aromatic heterocycles. The number of allylic oxidation sites excluding steroid dienone is 1. The molecule has 1 heterocycles. The number of nitrogens with one attached hydrogen (secondary N) is 1. The van der Waals surface area contributed by atoms with Gasteiger partial charge in [0.2, 0.25) is 0 Å². The maximum atomic E-state index is 12.9. The van der Waals surface area contributed by atoms with Crippen molar-refractivity contribution in [2.24, 2.45) is 10.9 Å². The molecule has 1 aliphatic rings. The zero-order valence-corrected chi connectivity index (χ0v) is 17.5. The van der Waals surface area contributed by atoms with E-state index in [4.69, 9.17) is 9.47 Å². The fraction of sp³-hybridized carbons (Fsp3) is 0.429. The summed E-state index contributed by atoms with van der Waals surface area (Å²) in [7, 11) is 0. The summed E-state index contributed by atoms with van der Waals surface area (Å²) in [6.07, 6.45) is -5.12. The summed E-state index contributed by atoms with van der Waals surface area (Å²) in [5, 5.41) is 1.83. The summed E-state index contributed by atoms with van der Waals surface area (Å²) in [4.78, 5) is 41.4. The number of esters is 2. The molecule has 0 saturated carbocycles. The molecule has 31 heavy (non-hydrogen) atoms. The lowest BCUT2D eigenvalue weighted by Gasteiger charge is -2.32. The molecule has 0 bridgehead atoms. The van der Waals surface area contributed by atoms with Crippen LogP contribution in [0.1, 0.15) is 39.2 Å². The van der Waals surface area contributed by atoms with Crippen LogP contribution in [0.15, 0.2) is 40.5 Å². The fourth-order valence-electron chi connectivity index (χ4n) is 3.46. The summed E-state index contributed by atoms with van der Waals surface area (Å²) in [5.74, 6) is -5.79. The SMILES string of the molecule is CCOC(=O)C1=C(C)N=C(C)C(C(=O)OCC)C1c1ccccc1NC(=O)C(F)(F)F. The number of nitrogens with zero attached hydrogens (tertiary/aromatic N) is 1. The van der Waals surface area contributed by atoms with E-state index in [2.05, 4.69) is 4.99 Å². The summed E-state index contributed by atoms with van der Waals surface area (Å²) >= 11 is 0. The van der Waals surface area contributed by atoms with Gasteiger partial charge in [-0.15, -0.1) is 0 Å². The zero-order chi connectivity index (χ0) is 23.3. The van der Waals surface area contributed by atoms with Crippen molar-refractivity contribution in [3.05, 3.63) is 41.1 Å². The smallest absolute Gasteiger partial charge is 0.465 e. The van der Waals surface area contributed by atoms with Gasteiger partial charge in [0, 0.05) is 23.0 Å². The van der Waals surface area contributed by atoms with Crippen LogP contribution in [0.25, 0.3) is 0 Å². The first kappa shape index (κ1) is 24.1. The van der Waals surface area contributed by atoms with E-state index >= 15 is 0 Å². The molecule has 1 N–H and O–H groups in total. The zero-order valence-electron chi connectivity index (χ0n) is 17.5. The normalized spacial score (nSPS) is 18.9. The minimum atomic E-state index is -5.12. The molecule has 1 aliphatic heterocycles. The number of alkyl halides is 3. The molecular weight excluding hydrogens is 417 g/mol. The summed E-state index contributed by atoms with van der Waals surface area (Å²) < 4.78 is 48.8. The molecule has 2 rings (SSSR count). The summed E-state index contributed by atoms with van der Waals surface area (Å²) in [6, 6.07) is 5.66. The highest BCUT2D eigenvalue weighted by Crippen LogP contribution is 2.43. The standard InChI is InChI=1S/C21H23F3N2O5/c1-5-30-18(27)15-11(3)25-12(4)16(19(28)31-6-2)17(15)13-9-7-8-10-14(13)26-20(29)21(22,23)24/h7-10,15,17H,5-6H2,1-4H3,(H,26,29). The number of carbonyl (C=O) groups excluding carboxylic acids is 3. The van der Waals surface area contributed by atoms with Crippen molar-refractivity contribution in [1.29, 1.82) is 0 Å². The third-order valence-electron chi connectivity index (χ3n) is 4.67. The Hall–Kier alpha value is -3.17. The van der Waals surface area contributed by atoms with Crippen LogP contribution in [-0.4, -0.2) is 42.9 Å². The molecule has 0 spiro atoms. The maximum absolute atomic E-state index is 12.9. The average Bonchev–Trinajstić information content (AvgIpc) is 2.67. The number of para-hydroxylation sites is 1. The lowest BCUT2D eigenvalue weighted by molar-refractivity contribution is -0.167. The van der Waals surface area contributed by atoms with Gasteiger partial charge < -0.3 is 14.8 Å². The molecule has 0 aliphatic carbocycles. The third-order valence-corrected chi connectivity index (χ3v) is 4.67. The van der Waals surface area contributed by atoms with E-state index in [0.717, 1.165) is 0 Å². The number of ether oxygens (including phenoxy) is 2. The molecule has 1 amide bonds. The number of aliphatic imine (C=N–C) groups is 1. The minimum Gasteiger partial charge on any atom is -0.465 e. The first-order valence-electron chi connectivity index (χ1n) is 9.59. The van der Waals surface area contributed by atoms with Gasteiger partial charge in [-0.25, -0.2) is 4.79 Å². The van der Waals surface area contributed by atoms with Gasteiger partial charge in [0.25, 0.3) is 0 Å². The quantitative estimate of drug-likeness (QED) is 0.680. The topological polar surface area (TPSA) is 94.1 Å². The van der Waals surface area contributed by atoms with E-state index < -0.39 is 35.9 Å². The second-order valence-electron chi connectivity index (χ2n) is 6.72.